The van der Waals surface area contributed by atoms with Crippen LogP contribution in [-0.2, 0) is 20.7 Å². The fourth-order valence-electron chi connectivity index (χ4n) is 3.50. The summed E-state index contributed by atoms with van der Waals surface area (Å²) in [5, 5.41) is 8.96. The number of nitrogens with one attached hydrogen (secondary N) is 1. The fourth-order valence-corrected chi connectivity index (χ4v) is 3.50. The van der Waals surface area contributed by atoms with Crippen LogP contribution in [0.15, 0.2) is 42.5 Å². The van der Waals surface area contributed by atoms with E-state index in [9.17, 15) is 9.59 Å². The number of carbonyl (C=O) groups is 2. The molecule has 0 radical (unpaired) electrons. The molecule has 0 spiro atoms. The van der Waals surface area contributed by atoms with Crippen molar-refractivity contribution in [3.8, 4) is 0 Å². The fraction of sp³-hybridized carbons (Fsp3) is 0.227. The van der Waals surface area contributed by atoms with Gasteiger partial charge in [-0.2, -0.15) is 9.50 Å². The van der Waals surface area contributed by atoms with E-state index >= 15 is 0 Å². The van der Waals surface area contributed by atoms with Crippen LogP contribution in [0.4, 0.5) is 11.6 Å². The van der Waals surface area contributed by atoms with Gasteiger partial charge in [-0.05, 0) is 48.7 Å². The maximum atomic E-state index is 12.2. The van der Waals surface area contributed by atoms with Crippen LogP contribution in [0.5, 0.6) is 0 Å². The summed E-state index contributed by atoms with van der Waals surface area (Å²) < 4.78 is 6.69. The van der Waals surface area contributed by atoms with E-state index in [1.54, 1.807) is 4.52 Å². The summed E-state index contributed by atoms with van der Waals surface area (Å²) in [6, 6.07) is 13.5. The highest BCUT2D eigenvalue weighted by molar-refractivity contribution is 5.95. The predicted octanol–water partition coefficient (Wildman–Crippen LogP) is 2.59. The molecule has 31 heavy (non-hydrogen) atoms. The van der Waals surface area contributed by atoms with Crippen molar-refractivity contribution in [3.05, 3.63) is 59.4 Å². The van der Waals surface area contributed by atoms with E-state index in [0.29, 0.717) is 17.9 Å². The van der Waals surface area contributed by atoms with Crippen molar-refractivity contribution < 1.29 is 14.3 Å². The van der Waals surface area contributed by atoms with Gasteiger partial charge in [-0.15, -0.1) is 5.10 Å². The Morgan fingerprint density at radius 2 is 1.87 bits per heavy atom. The van der Waals surface area contributed by atoms with Crippen LogP contribution in [0.3, 0.4) is 0 Å². The number of rotatable bonds is 6. The number of nitrogens with two attached hydrogens (primary N) is 1. The van der Waals surface area contributed by atoms with Crippen molar-refractivity contribution >= 4 is 40.1 Å². The Hall–Kier alpha value is -4.01. The quantitative estimate of drug-likeness (QED) is 0.461. The second kappa shape index (κ2) is 8.39. The molecule has 0 aliphatic heterocycles. The van der Waals surface area contributed by atoms with Gasteiger partial charge in [-0.3, -0.25) is 9.59 Å². The van der Waals surface area contributed by atoms with Crippen LogP contribution in [0, 0.1) is 13.8 Å². The van der Waals surface area contributed by atoms with E-state index in [1.165, 1.54) is 0 Å². The zero-order chi connectivity index (χ0) is 22.0. The highest BCUT2D eigenvalue weighted by Crippen LogP contribution is 2.19. The van der Waals surface area contributed by atoms with Crippen LogP contribution >= 0.6 is 0 Å². The number of benzene rings is 2. The van der Waals surface area contributed by atoms with Crippen molar-refractivity contribution in [2.24, 2.45) is 0 Å². The summed E-state index contributed by atoms with van der Waals surface area (Å²) in [4.78, 5) is 32.7. The van der Waals surface area contributed by atoms with Gasteiger partial charge in [-0.1, -0.05) is 30.3 Å². The molecule has 2 aromatic heterocycles. The first-order chi connectivity index (χ1) is 14.9. The zero-order valence-electron chi connectivity index (χ0n) is 17.3. The topological polar surface area (TPSA) is 124 Å². The van der Waals surface area contributed by atoms with Gasteiger partial charge in [0.2, 0.25) is 5.95 Å². The lowest BCUT2D eigenvalue weighted by molar-refractivity contribution is -0.147. The number of amides is 1. The van der Waals surface area contributed by atoms with Crippen molar-refractivity contribution in [1.82, 2.24) is 19.6 Å². The molecule has 1 amide bonds. The standard InChI is InChI=1S/C22H22N6O3/c1-13-18(14(2)28-22(24-13)26-21(23)27-28)9-10-20(30)31-12-19(29)25-17-8-7-15-5-3-4-6-16(15)11-17/h3-8,11H,9-10,12H2,1-2H3,(H2,23,27)(H,25,29). The van der Waals surface area contributed by atoms with E-state index in [1.807, 2.05) is 56.3 Å². The average molecular weight is 418 g/mol. The molecular weight excluding hydrogens is 396 g/mol. The van der Waals surface area contributed by atoms with Crippen LogP contribution in [0.25, 0.3) is 16.6 Å². The smallest absolute Gasteiger partial charge is 0.306 e. The van der Waals surface area contributed by atoms with E-state index in [0.717, 1.165) is 27.7 Å². The molecule has 158 valence electrons. The van der Waals surface area contributed by atoms with Gasteiger partial charge in [0.05, 0.1) is 0 Å². The third kappa shape index (κ3) is 4.45. The normalized spacial score (nSPS) is 11.0. The number of ether oxygens (including phenoxy) is 1. The molecular formula is C22H22N6O3. The largest absolute Gasteiger partial charge is 0.456 e. The van der Waals surface area contributed by atoms with E-state index < -0.39 is 11.9 Å². The number of aryl methyl sites for hydroxylation is 2. The molecule has 9 heteroatoms. The first-order valence-corrected chi connectivity index (χ1v) is 9.83. The molecule has 0 atom stereocenters. The van der Waals surface area contributed by atoms with Gasteiger partial charge in [0.25, 0.3) is 11.7 Å². The van der Waals surface area contributed by atoms with Gasteiger partial charge >= 0.3 is 5.97 Å². The summed E-state index contributed by atoms with van der Waals surface area (Å²) in [5.41, 5.74) is 8.72. The molecule has 3 N–H and O–H groups in total. The highest BCUT2D eigenvalue weighted by atomic mass is 16.5. The van der Waals surface area contributed by atoms with Crippen LogP contribution in [-0.4, -0.2) is 38.1 Å². The second-order valence-electron chi connectivity index (χ2n) is 7.21. The summed E-state index contributed by atoms with van der Waals surface area (Å²) in [7, 11) is 0. The van der Waals surface area contributed by atoms with Crippen LogP contribution in [0.2, 0.25) is 0 Å². The third-order valence-electron chi connectivity index (χ3n) is 5.04. The predicted molar refractivity (Wildman–Crippen MR) is 117 cm³/mol. The maximum Gasteiger partial charge on any atom is 0.306 e. The first kappa shape index (κ1) is 20.3. The summed E-state index contributed by atoms with van der Waals surface area (Å²) >= 11 is 0. The number of anilines is 2. The molecule has 0 bridgehead atoms. The lowest BCUT2D eigenvalue weighted by Gasteiger charge is -2.10. The molecule has 2 aromatic carbocycles. The lowest BCUT2D eigenvalue weighted by Crippen LogP contribution is -2.21. The molecule has 4 rings (SSSR count). The van der Waals surface area contributed by atoms with Gasteiger partial charge in [0.1, 0.15) is 0 Å². The number of hydrogen-bond donors (Lipinski definition) is 2. The third-order valence-corrected chi connectivity index (χ3v) is 5.04. The number of nitrogens with zero attached hydrogens (tertiary/aromatic N) is 4. The van der Waals surface area contributed by atoms with E-state index in [4.69, 9.17) is 10.5 Å². The summed E-state index contributed by atoms with van der Waals surface area (Å²) in [5.74, 6) is -0.295. The molecule has 0 saturated heterocycles. The first-order valence-electron chi connectivity index (χ1n) is 9.83. The van der Waals surface area contributed by atoms with Gasteiger partial charge in [-0.25, -0.2) is 4.98 Å². The Morgan fingerprint density at radius 1 is 1.10 bits per heavy atom. The number of nitrogen functional groups attached to an aromatic ring is 1. The summed E-state index contributed by atoms with van der Waals surface area (Å²) in [6.45, 7) is 3.36. The molecule has 2 heterocycles. The molecule has 0 fully saturated rings. The Balaban J connectivity index is 1.32. The molecule has 0 aliphatic rings. The monoisotopic (exact) mass is 418 g/mol. The minimum atomic E-state index is -0.467. The molecule has 0 unspecified atom stereocenters. The number of esters is 1. The van der Waals surface area contributed by atoms with Gasteiger partial charge in [0, 0.05) is 23.5 Å². The molecule has 9 nitrogen and oxygen atoms in total. The van der Waals surface area contributed by atoms with Crippen LogP contribution < -0.4 is 11.1 Å². The minimum Gasteiger partial charge on any atom is -0.456 e. The maximum absolute atomic E-state index is 12.2. The number of carbonyl (C=O) groups excluding carboxylic acids is 2. The van der Waals surface area contributed by atoms with Crippen molar-refractivity contribution in [2.75, 3.05) is 17.7 Å². The van der Waals surface area contributed by atoms with E-state index in [-0.39, 0.29) is 19.0 Å². The highest BCUT2D eigenvalue weighted by Gasteiger charge is 2.15. The molecule has 4 aromatic rings. The molecule has 0 saturated carbocycles. The zero-order valence-corrected chi connectivity index (χ0v) is 17.3. The second-order valence-corrected chi connectivity index (χ2v) is 7.21. The SMILES string of the molecule is Cc1nc2nc(N)nn2c(C)c1CCC(=O)OCC(=O)Nc1ccc2ccccc2c1. The number of hydrogen-bond acceptors (Lipinski definition) is 7. The molecule has 0 aliphatic carbocycles. The minimum absolute atomic E-state index is 0.113. The van der Waals surface area contributed by atoms with Crippen LogP contribution in [0.1, 0.15) is 23.4 Å². The Labute approximate surface area is 178 Å². The average Bonchev–Trinajstić information content (AvgIpc) is 3.12. The Bertz CT molecular complexity index is 1300. The summed E-state index contributed by atoms with van der Waals surface area (Å²) in [6.07, 6.45) is 0.522. The van der Waals surface area contributed by atoms with E-state index in [2.05, 4.69) is 20.4 Å². The number of aromatic nitrogens is 4. The lowest BCUT2D eigenvalue weighted by atomic mass is 10.1. The Kier molecular flexibility index (Phi) is 5.48. The van der Waals surface area contributed by atoms with Crippen molar-refractivity contribution in [3.63, 3.8) is 0 Å². The Morgan fingerprint density at radius 3 is 2.68 bits per heavy atom. The van der Waals surface area contributed by atoms with Gasteiger partial charge in [0.15, 0.2) is 6.61 Å². The van der Waals surface area contributed by atoms with Crippen molar-refractivity contribution in [1.29, 1.82) is 0 Å². The van der Waals surface area contributed by atoms with Crippen molar-refractivity contribution in [2.45, 2.75) is 26.7 Å². The van der Waals surface area contributed by atoms with Gasteiger partial charge < -0.3 is 15.8 Å². The number of fused-ring (bicyclic) bond motifs is 2.